The van der Waals surface area contributed by atoms with Crippen molar-refractivity contribution in [3.05, 3.63) is 23.8 Å². The van der Waals surface area contributed by atoms with Crippen LogP contribution < -0.4 is 9.47 Å². The zero-order valence-corrected chi connectivity index (χ0v) is 16.4. The van der Waals surface area contributed by atoms with Crippen LogP contribution in [-0.2, 0) is 29.2 Å². The fourth-order valence-corrected chi connectivity index (χ4v) is 3.79. The molecule has 0 heterocycles. The minimum absolute atomic E-state index is 0.150. The van der Waals surface area contributed by atoms with Gasteiger partial charge in [0.15, 0.2) is 0 Å². The molecule has 0 saturated carbocycles. The first-order chi connectivity index (χ1) is 12.1. The molecule has 0 radical (unpaired) electrons. The van der Waals surface area contributed by atoms with Crippen LogP contribution in [0, 0.1) is 0 Å². The summed E-state index contributed by atoms with van der Waals surface area (Å²) in [5.74, 6) is 1.23. The molecule has 1 rings (SSSR count). The van der Waals surface area contributed by atoms with Crippen LogP contribution >= 0.6 is 7.60 Å². The van der Waals surface area contributed by atoms with Crippen molar-refractivity contribution in [2.75, 3.05) is 53.9 Å². The normalized spacial score (nSPS) is 11.5. The van der Waals surface area contributed by atoms with Crippen molar-refractivity contribution in [3.8, 4) is 11.5 Å². The standard InChI is InChI=1S/C17H29O7P/c1-5-23-25(18,24-6-2)14-15-11-16(21-9-7-19-3)13-17(12-15)22-10-8-20-4/h11-13H,5-10,14H2,1-4H3. The second kappa shape index (κ2) is 12.3. The molecule has 8 heteroatoms. The van der Waals surface area contributed by atoms with E-state index in [0.717, 1.165) is 5.56 Å². The Hall–Kier alpha value is -1.11. The second-order valence-corrected chi connectivity index (χ2v) is 7.15. The molecule has 7 nitrogen and oxygen atoms in total. The van der Waals surface area contributed by atoms with Crippen molar-refractivity contribution >= 4 is 7.60 Å². The van der Waals surface area contributed by atoms with E-state index < -0.39 is 7.60 Å². The van der Waals surface area contributed by atoms with E-state index in [-0.39, 0.29) is 6.16 Å². The van der Waals surface area contributed by atoms with E-state index in [1.165, 1.54) is 0 Å². The number of hydrogen-bond donors (Lipinski definition) is 0. The molecule has 1 aromatic rings. The maximum Gasteiger partial charge on any atom is 0.335 e. The van der Waals surface area contributed by atoms with Gasteiger partial charge in [-0.1, -0.05) is 0 Å². The molecular formula is C17H29O7P. The molecule has 0 spiro atoms. The van der Waals surface area contributed by atoms with Crippen molar-refractivity contribution in [2.45, 2.75) is 20.0 Å². The van der Waals surface area contributed by atoms with Gasteiger partial charge in [-0.05, 0) is 31.5 Å². The summed E-state index contributed by atoms with van der Waals surface area (Å²) in [6.45, 7) is 5.97. The summed E-state index contributed by atoms with van der Waals surface area (Å²) in [5, 5.41) is 0. The fourth-order valence-electron chi connectivity index (χ4n) is 2.12. The molecule has 0 aliphatic heterocycles. The highest BCUT2D eigenvalue weighted by atomic mass is 31.2. The van der Waals surface area contributed by atoms with Crippen LogP contribution in [0.15, 0.2) is 18.2 Å². The maximum absolute atomic E-state index is 12.8. The number of hydrogen-bond acceptors (Lipinski definition) is 7. The Balaban J connectivity index is 2.94. The third-order valence-corrected chi connectivity index (χ3v) is 5.14. The Morgan fingerprint density at radius 1 is 0.800 bits per heavy atom. The van der Waals surface area contributed by atoms with Crippen LogP contribution in [0.4, 0.5) is 0 Å². The Morgan fingerprint density at radius 2 is 1.28 bits per heavy atom. The maximum atomic E-state index is 12.8. The summed E-state index contributed by atoms with van der Waals surface area (Å²) in [7, 11) is 0.0165. The highest BCUT2D eigenvalue weighted by Crippen LogP contribution is 2.51. The van der Waals surface area contributed by atoms with Crippen molar-refractivity contribution in [2.24, 2.45) is 0 Å². The smallest absolute Gasteiger partial charge is 0.335 e. The summed E-state index contributed by atoms with van der Waals surface area (Å²) in [5.41, 5.74) is 0.757. The summed E-state index contributed by atoms with van der Waals surface area (Å²) in [4.78, 5) is 0. The number of ether oxygens (including phenoxy) is 4. The lowest BCUT2D eigenvalue weighted by atomic mass is 10.2. The minimum Gasteiger partial charge on any atom is -0.491 e. The molecule has 0 aliphatic rings. The Labute approximate surface area is 150 Å². The van der Waals surface area contributed by atoms with Crippen molar-refractivity contribution in [1.29, 1.82) is 0 Å². The fraction of sp³-hybridized carbons (Fsp3) is 0.647. The van der Waals surface area contributed by atoms with E-state index in [0.29, 0.717) is 51.1 Å². The lowest BCUT2D eigenvalue weighted by Crippen LogP contribution is -2.07. The second-order valence-electron chi connectivity index (χ2n) is 5.10. The first-order valence-corrected chi connectivity index (χ1v) is 10.0. The molecule has 0 aliphatic carbocycles. The molecule has 0 fully saturated rings. The quantitative estimate of drug-likeness (QED) is 0.363. The van der Waals surface area contributed by atoms with Crippen LogP contribution in [0.1, 0.15) is 19.4 Å². The molecule has 1 aromatic carbocycles. The van der Waals surface area contributed by atoms with E-state index in [1.807, 2.05) is 12.1 Å². The van der Waals surface area contributed by atoms with Gasteiger partial charge in [0.05, 0.1) is 32.6 Å². The van der Waals surface area contributed by atoms with Crippen LogP contribution in [0.2, 0.25) is 0 Å². The zero-order valence-electron chi connectivity index (χ0n) is 15.5. The van der Waals surface area contributed by atoms with Gasteiger partial charge >= 0.3 is 7.60 Å². The average molecular weight is 376 g/mol. The van der Waals surface area contributed by atoms with Gasteiger partial charge in [0.2, 0.25) is 0 Å². The monoisotopic (exact) mass is 376 g/mol. The zero-order chi connectivity index (χ0) is 18.5. The number of rotatable bonds is 14. The van der Waals surface area contributed by atoms with Crippen LogP contribution in [0.5, 0.6) is 11.5 Å². The Kier molecular flexibility index (Phi) is 10.8. The largest absolute Gasteiger partial charge is 0.491 e. The average Bonchev–Trinajstić information content (AvgIpc) is 2.55. The lowest BCUT2D eigenvalue weighted by Gasteiger charge is -2.18. The van der Waals surface area contributed by atoms with Crippen LogP contribution in [-0.4, -0.2) is 53.9 Å². The summed E-state index contributed by atoms with van der Waals surface area (Å²) in [6, 6.07) is 5.40. The van der Waals surface area contributed by atoms with Gasteiger partial charge < -0.3 is 28.0 Å². The van der Waals surface area contributed by atoms with E-state index in [1.54, 1.807) is 34.1 Å². The number of benzene rings is 1. The minimum atomic E-state index is -3.20. The van der Waals surface area contributed by atoms with E-state index in [9.17, 15) is 4.57 Å². The molecule has 25 heavy (non-hydrogen) atoms. The first kappa shape index (κ1) is 21.9. The van der Waals surface area contributed by atoms with E-state index >= 15 is 0 Å². The molecule has 0 atom stereocenters. The van der Waals surface area contributed by atoms with Gasteiger partial charge in [-0.3, -0.25) is 4.57 Å². The Morgan fingerprint density at radius 3 is 1.68 bits per heavy atom. The summed E-state index contributed by atoms with van der Waals surface area (Å²) >= 11 is 0. The molecule has 0 aromatic heterocycles. The lowest BCUT2D eigenvalue weighted by molar-refractivity contribution is 0.142. The van der Waals surface area contributed by atoms with Crippen molar-refractivity contribution < 1.29 is 32.6 Å². The van der Waals surface area contributed by atoms with Gasteiger partial charge in [-0.2, -0.15) is 0 Å². The predicted molar refractivity (Wildman–Crippen MR) is 95.7 cm³/mol. The molecule has 0 unspecified atom stereocenters. The van der Waals surface area contributed by atoms with Crippen LogP contribution in [0.25, 0.3) is 0 Å². The van der Waals surface area contributed by atoms with Gasteiger partial charge in [0, 0.05) is 20.3 Å². The van der Waals surface area contributed by atoms with Gasteiger partial charge in [-0.25, -0.2) is 0 Å². The van der Waals surface area contributed by atoms with Crippen molar-refractivity contribution in [3.63, 3.8) is 0 Å². The Bertz CT molecular complexity index is 497. The van der Waals surface area contributed by atoms with Gasteiger partial charge in [-0.15, -0.1) is 0 Å². The summed E-state index contributed by atoms with van der Waals surface area (Å²) in [6.07, 6.45) is 0.150. The molecule has 0 N–H and O–H groups in total. The van der Waals surface area contributed by atoms with E-state index in [2.05, 4.69) is 0 Å². The molecule has 144 valence electrons. The molecular weight excluding hydrogens is 347 g/mol. The summed E-state index contributed by atoms with van der Waals surface area (Å²) < 4.78 is 44.8. The topological polar surface area (TPSA) is 72.5 Å². The SMILES string of the molecule is CCOP(=O)(Cc1cc(OCCOC)cc(OCCOC)c1)OCC. The first-order valence-electron chi connectivity index (χ1n) is 8.32. The predicted octanol–water partition coefficient (Wildman–Crippen LogP) is 3.50. The molecule has 0 bridgehead atoms. The van der Waals surface area contributed by atoms with Crippen LogP contribution in [0.3, 0.4) is 0 Å². The van der Waals surface area contributed by atoms with E-state index in [4.69, 9.17) is 28.0 Å². The highest BCUT2D eigenvalue weighted by molar-refractivity contribution is 7.53. The van der Waals surface area contributed by atoms with Crippen molar-refractivity contribution in [1.82, 2.24) is 0 Å². The molecule has 0 saturated heterocycles. The highest BCUT2D eigenvalue weighted by Gasteiger charge is 2.24. The third-order valence-electron chi connectivity index (χ3n) is 3.08. The molecule has 0 amide bonds. The van der Waals surface area contributed by atoms with Gasteiger partial charge in [0.25, 0.3) is 0 Å². The third kappa shape index (κ3) is 8.70. The van der Waals surface area contributed by atoms with Gasteiger partial charge in [0.1, 0.15) is 24.7 Å². The number of methoxy groups -OCH3 is 2.